The van der Waals surface area contributed by atoms with Crippen LogP contribution in [-0.4, -0.2) is 58.1 Å². The molecule has 0 aromatic heterocycles. The van der Waals surface area contributed by atoms with E-state index in [0.29, 0.717) is 22.9 Å². The second kappa shape index (κ2) is 10.9. The van der Waals surface area contributed by atoms with Crippen molar-refractivity contribution in [1.29, 1.82) is 0 Å². The van der Waals surface area contributed by atoms with Gasteiger partial charge in [0.05, 0.1) is 11.3 Å². The summed E-state index contributed by atoms with van der Waals surface area (Å²) in [5.74, 6) is -0.605. The summed E-state index contributed by atoms with van der Waals surface area (Å²) in [6.07, 6.45) is 0. The number of nitrogens with zero attached hydrogens (tertiary/aromatic N) is 1. The van der Waals surface area contributed by atoms with Gasteiger partial charge in [-0.3, -0.25) is 14.4 Å². The fraction of sp³-hybridized carbons (Fsp3) is 0.524. The maximum atomic E-state index is 12.8. The third-order valence-electron chi connectivity index (χ3n) is 4.34. The maximum absolute atomic E-state index is 12.8. The summed E-state index contributed by atoms with van der Waals surface area (Å²) in [5.41, 5.74) is -0.104. The number of carbonyl (C=O) groups is 4. The van der Waals surface area contributed by atoms with Crippen molar-refractivity contribution in [3.05, 3.63) is 35.9 Å². The van der Waals surface area contributed by atoms with Crippen molar-refractivity contribution in [2.45, 2.75) is 33.7 Å². The van der Waals surface area contributed by atoms with Gasteiger partial charge in [-0.2, -0.15) is 0 Å². The highest BCUT2D eigenvalue weighted by Gasteiger charge is 2.38. The average molecular weight is 454 g/mol. The largest absolute Gasteiger partial charge is 0.427 e. The Labute approximate surface area is 185 Å². The Hall–Kier alpha value is -2.00. The molecule has 9 heteroatoms. The van der Waals surface area contributed by atoms with Crippen molar-refractivity contribution in [2.24, 2.45) is 11.3 Å². The molecule has 1 aliphatic heterocycles. The zero-order chi connectivity index (χ0) is 22.3. The fourth-order valence-electron chi connectivity index (χ4n) is 2.52. The number of rotatable bonds is 7. The van der Waals surface area contributed by atoms with E-state index in [2.05, 4.69) is 0 Å². The Balaban J connectivity index is 1.84. The van der Waals surface area contributed by atoms with Gasteiger partial charge in [-0.05, 0) is 20.8 Å². The molecule has 0 spiro atoms. The summed E-state index contributed by atoms with van der Waals surface area (Å²) < 4.78 is 10.0. The van der Waals surface area contributed by atoms with Gasteiger partial charge in [0.15, 0.2) is 0 Å². The zero-order valence-electron chi connectivity index (χ0n) is 17.6. The van der Waals surface area contributed by atoms with Crippen LogP contribution in [0.4, 0.5) is 0 Å². The Kier molecular flexibility index (Phi) is 8.78. The molecule has 0 unspecified atom stereocenters. The SMILES string of the molecule is C[C@H](CSC(=O)c1ccccc1)C(=O)N1CSC[C@H]1C(=O)OCOC(=O)C(C)(C)C. The smallest absolute Gasteiger partial charge is 0.332 e. The molecular weight excluding hydrogens is 426 g/mol. The third kappa shape index (κ3) is 6.77. The van der Waals surface area contributed by atoms with Gasteiger partial charge in [0, 0.05) is 23.0 Å². The summed E-state index contributed by atoms with van der Waals surface area (Å²) >= 11 is 2.54. The van der Waals surface area contributed by atoms with E-state index >= 15 is 0 Å². The number of hydrogen-bond donors (Lipinski definition) is 0. The van der Waals surface area contributed by atoms with Crippen LogP contribution in [0, 0.1) is 11.3 Å². The van der Waals surface area contributed by atoms with E-state index in [0.717, 1.165) is 11.8 Å². The van der Waals surface area contributed by atoms with E-state index in [9.17, 15) is 19.2 Å². The molecule has 1 aromatic carbocycles. The maximum Gasteiger partial charge on any atom is 0.332 e. The molecule has 1 aliphatic rings. The number of hydrogen-bond acceptors (Lipinski definition) is 8. The molecule has 0 saturated carbocycles. The van der Waals surface area contributed by atoms with Crippen molar-refractivity contribution in [1.82, 2.24) is 4.90 Å². The molecule has 164 valence electrons. The van der Waals surface area contributed by atoms with E-state index in [1.165, 1.54) is 16.7 Å². The fourth-order valence-corrected chi connectivity index (χ4v) is 4.52. The minimum atomic E-state index is -0.729. The van der Waals surface area contributed by atoms with Gasteiger partial charge >= 0.3 is 11.9 Å². The van der Waals surface area contributed by atoms with Crippen LogP contribution in [0.2, 0.25) is 0 Å². The first-order valence-corrected chi connectivity index (χ1v) is 11.7. The third-order valence-corrected chi connectivity index (χ3v) is 6.51. The number of esters is 2. The Morgan fingerprint density at radius 3 is 2.47 bits per heavy atom. The summed E-state index contributed by atoms with van der Waals surface area (Å²) in [6, 6.07) is 8.15. The highest BCUT2D eigenvalue weighted by Crippen LogP contribution is 2.26. The van der Waals surface area contributed by atoms with Gasteiger partial charge in [0.1, 0.15) is 6.04 Å². The minimum Gasteiger partial charge on any atom is -0.427 e. The van der Waals surface area contributed by atoms with Gasteiger partial charge in [-0.15, -0.1) is 11.8 Å². The number of ether oxygens (including phenoxy) is 2. The van der Waals surface area contributed by atoms with Crippen LogP contribution in [0.3, 0.4) is 0 Å². The van der Waals surface area contributed by atoms with Crippen LogP contribution < -0.4 is 0 Å². The second-order valence-corrected chi connectivity index (χ2v) is 9.94. The van der Waals surface area contributed by atoms with Crippen LogP contribution in [-0.2, 0) is 23.9 Å². The topological polar surface area (TPSA) is 90.0 Å². The molecule has 30 heavy (non-hydrogen) atoms. The predicted molar refractivity (Wildman–Crippen MR) is 117 cm³/mol. The Morgan fingerprint density at radius 1 is 1.17 bits per heavy atom. The number of amides is 1. The molecule has 1 heterocycles. The molecule has 1 aromatic rings. The van der Waals surface area contributed by atoms with Gasteiger partial charge in [0.2, 0.25) is 17.8 Å². The van der Waals surface area contributed by atoms with Crippen LogP contribution in [0.5, 0.6) is 0 Å². The molecule has 7 nitrogen and oxygen atoms in total. The highest BCUT2D eigenvalue weighted by atomic mass is 32.2. The highest BCUT2D eigenvalue weighted by molar-refractivity contribution is 8.14. The van der Waals surface area contributed by atoms with Gasteiger partial charge in [0.25, 0.3) is 0 Å². The Bertz CT molecular complexity index is 777. The molecule has 0 aliphatic carbocycles. The lowest BCUT2D eigenvalue weighted by Gasteiger charge is -2.25. The van der Waals surface area contributed by atoms with E-state index in [1.54, 1.807) is 52.0 Å². The van der Waals surface area contributed by atoms with Gasteiger partial charge in [-0.1, -0.05) is 49.0 Å². The predicted octanol–water partition coefficient (Wildman–Crippen LogP) is 3.19. The van der Waals surface area contributed by atoms with Crippen molar-refractivity contribution in [3.63, 3.8) is 0 Å². The van der Waals surface area contributed by atoms with E-state index in [1.807, 2.05) is 6.07 Å². The molecule has 2 rings (SSSR count). The molecule has 0 N–H and O–H groups in total. The summed E-state index contributed by atoms with van der Waals surface area (Å²) in [4.78, 5) is 50.6. The standard InChI is InChI=1S/C21H27NO6S2/c1-14(10-30-19(25)15-8-6-5-7-9-15)17(23)22-12-29-11-16(22)18(24)27-13-28-20(26)21(2,3)4/h5-9,14,16H,10-13H2,1-4H3/t14-,16+/m1/s1. The van der Waals surface area contributed by atoms with Crippen molar-refractivity contribution in [2.75, 3.05) is 24.2 Å². The number of thioether (sulfide) groups is 2. The average Bonchev–Trinajstić information content (AvgIpc) is 3.20. The first-order valence-electron chi connectivity index (χ1n) is 9.55. The van der Waals surface area contributed by atoms with Crippen LogP contribution in [0.15, 0.2) is 30.3 Å². The zero-order valence-corrected chi connectivity index (χ0v) is 19.2. The number of carbonyl (C=O) groups excluding carboxylic acids is 4. The van der Waals surface area contributed by atoms with E-state index in [4.69, 9.17) is 9.47 Å². The molecular formula is C21H27NO6S2. The lowest BCUT2D eigenvalue weighted by Crippen LogP contribution is -2.45. The van der Waals surface area contributed by atoms with Crippen LogP contribution in [0.1, 0.15) is 38.1 Å². The van der Waals surface area contributed by atoms with Gasteiger partial charge in [-0.25, -0.2) is 4.79 Å². The normalized spacial score (nSPS) is 17.3. The molecule has 0 radical (unpaired) electrons. The first kappa shape index (κ1) is 24.3. The first-order chi connectivity index (χ1) is 14.1. The van der Waals surface area contributed by atoms with Crippen molar-refractivity contribution < 1.29 is 28.7 Å². The van der Waals surface area contributed by atoms with E-state index in [-0.39, 0.29) is 11.0 Å². The molecule has 0 bridgehead atoms. The molecule has 1 fully saturated rings. The minimum absolute atomic E-state index is 0.0947. The summed E-state index contributed by atoms with van der Waals surface area (Å²) in [6.45, 7) is 6.37. The quantitative estimate of drug-likeness (QED) is 0.459. The van der Waals surface area contributed by atoms with E-state index < -0.39 is 36.1 Å². The second-order valence-electron chi connectivity index (χ2n) is 7.95. The lowest BCUT2D eigenvalue weighted by molar-refractivity contribution is -0.176. The summed E-state index contributed by atoms with van der Waals surface area (Å²) in [5, 5.41) is -0.0947. The molecule has 1 saturated heterocycles. The molecule has 1 amide bonds. The van der Waals surface area contributed by atoms with Crippen LogP contribution in [0.25, 0.3) is 0 Å². The monoisotopic (exact) mass is 453 g/mol. The number of benzene rings is 1. The lowest BCUT2D eigenvalue weighted by atomic mass is 9.98. The van der Waals surface area contributed by atoms with Crippen LogP contribution >= 0.6 is 23.5 Å². The van der Waals surface area contributed by atoms with Gasteiger partial charge < -0.3 is 14.4 Å². The van der Waals surface area contributed by atoms with Crippen molar-refractivity contribution >= 4 is 46.5 Å². The summed E-state index contributed by atoms with van der Waals surface area (Å²) in [7, 11) is 0. The molecule has 2 atom stereocenters. The Morgan fingerprint density at radius 2 is 1.83 bits per heavy atom. The van der Waals surface area contributed by atoms with Crippen molar-refractivity contribution in [3.8, 4) is 0 Å².